The zero-order valence-corrected chi connectivity index (χ0v) is 14.2. The van der Waals surface area contributed by atoms with Crippen LogP contribution in [0.4, 0.5) is 0 Å². The molecule has 1 atom stereocenters. The number of hydrogen-bond acceptors (Lipinski definition) is 1. The highest BCUT2D eigenvalue weighted by Gasteiger charge is 2.37. The third kappa shape index (κ3) is 2.35. The van der Waals surface area contributed by atoms with Crippen LogP contribution in [0.15, 0.2) is 66.8 Å². The van der Waals surface area contributed by atoms with E-state index in [9.17, 15) is 5.11 Å². The molecule has 0 bridgehead atoms. The highest BCUT2D eigenvalue weighted by Crippen LogP contribution is 2.47. The van der Waals surface area contributed by atoms with Crippen LogP contribution < -0.4 is 0 Å². The summed E-state index contributed by atoms with van der Waals surface area (Å²) in [6.07, 6.45) is 11.8. The summed E-state index contributed by atoms with van der Waals surface area (Å²) in [5.41, 5.74) is 7.17. The van der Waals surface area contributed by atoms with E-state index >= 15 is 0 Å². The summed E-state index contributed by atoms with van der Waals surface area (Å²) in [5, 5.41) is 9.42. The van der Waals surface area contributed by atoms with Gasteiger partial charge in [-0.2, -0.15) is 0 Å². The molecule has 24 heavy (non-hydrogen) atoms. The van der Waals surface area contributed by atoms with Crippen LogP contribution in [0.5, 0.6) is 0 Å². The lowest BCUT2D eigenvalue weighted by molar-refractivity contribution is 0.254. The molecule has 1 heteroatoms. The highest BCUT2D eigenvalue weighted by molar-refractivity contribution is 5.78. The van der Waals surface area contributed by atoms with E-state index in [2.05, 4.69) is 73.7 Å². The van der Waals surface area contributed by atoms with Crippen molar-refractivity contribution in [3.63, 3.8) is 0 Å². The zero-order chi connectivity index (χ0) is 16.6. The number of hydrogen-bond donors (Lipinski definition) is 1. The molecule has 1 nitrogen and oxygen atoms in total. The monoisotopic (exact) mass is 316 g/mol. The number of aliphatic hydroxyl groups excluding tert-OH is 1. The first kappa shape index (κ1) is 15.4. The molecule has 0 amide bonds. The third-order valence-corrected chi connectivity index (χ3v) is 5.80. The lowest BCUT2D eigenvalue weighted by Gasteiger charge is -2.36. The fraction of sp³-hybridized carbons (Fsp3) is 0.304. The molecule has 1 unspecified atom stereocenters. The maximum absolute atomic E-state index is 9.42. The predicted octanol–water partition coefficient (Wildman–Crippen LogP) is 5.03. The highest BCUT2D eigenvalue weighted by atomic mass is 16.2. The van der Waals surface area contributed by atoms with Crippen LogP contribution in [-0.2, 0) is 11.8 Å². The topological polar surface area (TPSA) is 20.2 Å². The van der Waals surface area contributed by atoms with Gasteiger partial charge in [0.05, 0.1) is 0 Å². The molecule has 2 aromatic rings. The fourth-order valence-electron chi connectivity index (χ4n) is 4.48. The maximum atomic E-state index is 9.42. The van der Waals surface area contributed by atoms with Crippen LogP contribution in [0.3, 0.4) is 0 Å². The van der Waals surface area contributed by atoms with Crippen molar-refractivity contribution in [1.82, 2.24) is 0 Å². The molecular formula is C23H24O. The minimum absolute atomic E-state index is 0.0274. The van der Waals surface area contributed by atoms with Gasteiger partial charge in [-0.25, -0.2) is 0 Å². The molecule has 2 aromatic carbocycles. The minimum Gasteiger partial charge on any atom is -0.396 e. The van der Waals surface area contributed by atoms with E-state index in [0.29, 0.717) is 5.92 Å². The van der Waals surface area contributed by atoms with Crippen LogP contribution in [0.2, 0.25) is 0 Å². The van der Waals surface area contributed by atoms with E-state index in [1.165, 1.54) is 27.8 Å². The number of benzene rings is 2. The molecule has 0 saturated heterocycles. The van der Waals surface area contributed by atoms with Gasteiger partial charge in [-0.15, -0.1) is 0 Å². The van der Waals surface area contributed by atoms with Gasteiger partial charge in [0.2, 0.25) is 0 Å². The molecular weight excluding hydrogens is 292 g/mol. The van der Waals surface area contributed by atoms with Gasteiger partial charge in [0.15, 0.2) is 0 Å². The summed E-state index contributed by atoms with van der Waals surface area (Å²) in [4.78, 5) is 0. The fourth-order valence-corrected chi connectivity index (χ4v) is 4.48. The van der Waals surface area contributed by atoms with Crippen molar-refractivity contribution >= 4 is 0 Å². The Kier molecular flexibility index (Phi) is 3.90. The van der Waals surface area contributed by atoms with Crippen molar-refractivity contribution in [2.24, 2.45) is 5.92 Å². The quantitative estimate of drug-likeness (QED) is 0.700. The molecule has 0 saturated carbocycles. The van der Waals surface area contributed by atoms with Crippen molar-refractivity contribution in [2.75, 3.05) is 6.61 Å². The first-order valence-corrected chi connectivity index (χ1v) is 8.90. The van der Waals surface area contributed by atoms with Gasteiger partial charge in [-0.3, -0.25) is 0 Å². The van der Waals surface area contributed by atoms with Gasteiger partial charge in [-0.1, -0.05) is 73.7 Å². The predicted molar refractivity (Wildman–Crippen MR) is 100 cm³/mol. The normalized spacial score (nSPS) is 17.8. The van der Waals surface area contributed by atoms with Gasteiger partial charge in [0.25, 0.3) is 0 Å². The summed E-state index contributed by atoms with van der Waals surface area (Å²) in [6, 6.07) is 15.5. The smallest absolute Gasteiger partial charge is 0.0431 e. The van der Waals surface area contributed by atoms with Gasteiger partial charge in [0.1, 0.15) is 0 Å². The summed E-state index contributed by atoms with van der Waals surface area (Å²) in [7, 11) is 0. The molecule has 0 heterocycles. The Balaban J connectivity index is 1.83. The third-order valence-electron chi connectivity index (χ3n) is 5.80. The molecule has 0 aromatic heterocycles. The van der Waals surface area contributed by atoms with Crippen molar-refractivity contribution in [1.29, 1.82) is 0 Å². The Bertz CT molecular complexity index is 803. The molecule has 0 fully saturated rings. The second-order valence-electron chi connectivity index (χ2n) is 7.21. The Morgan fingerprint density at radius 2 is 1.75 bits per heavy atom. The van der Waals surface area contributed by atoms with Gasteiger partial charge in [-0.05, 0) is 47.1 Å². The first-order valence-electron chi connectivity index (χ1n) is 8.90. The Morgan fingerprint density at radius 3 is 2.54 bits per heavy atom. The van der Waals surface area contributed by atoms with Crippen LogP contribution in [0.25, 0.3) is 11.1 Å². The van der Waals surface area contributed by atoms with E-state index in [1.54, 1.807) is 0 Å². The van der Waals surface area contributed by atoms with Crippen molar-refractivity contribution in [3.8, 4) is 11.1 Å². The number of fused-ring (bicyclic) bond motifs is 3. The number of aliphatic hydroxyl groups is 1. The molecule has 2 aliphatic carbocycles. The van der Waals surface area contributed by atoms with Gasteiger partial charge < -0.3 is 5.11 Å². The number of rotatable bonds is 5. The summed E-state index contributed by atoms with van der Waals surface area (Å²) in [6.45, 7) is 2.62. The lowest BCUT2D eigenvalue weighted by Crippen LogP contribution is -2.31. The molecule has 0 spiro atoms. The van der Waals surface area contributed by atoms with Crippen LogP contribution in [-0.4, -0.2) is 11.7 Å². The van der Waals surface area contributed by atoms with E-state index in [-0.39, 0.29) is 12.0 Å². The average Bonchev–Trinajstić information content (AvgIpc) is 3.27. The lowest BCUT2D eigenvalue weighted by atomic mass is 9.67. The van der Waals surface area contributed by atoms with Crippen molar-refractivity contribution in [3.05, 3.63) is 83.5 Å². The van der Waals surface area contributed by atoms with Crippen LogP contribution in [0, 0.1) is 5.92 Å². The van der Waals surface area contributed by atoms with Crippen molar-refractivity contribution in [2.45, 2.75) is 31.6 Å². The minimum atomic E-state index is 0.0274. The Labute approximate surface area is 144 Å². The van der Waals surface area contributed by atoms with E-state index < -0.39 is 0 Å². The first-order chi connectivity index (χ1) is 11.7. The maximum Gasteiger partial charge on any atom is 0.0431 e. The van der Waals surface area contributed by atoms with E-state index in [4.69, 9.17) is 0 Å². The van der Waals surface area contributed by atoms with E-state index in [0.717, 1.165) is 19.3 Å². The van der Waals surface area contributed by atoms with Crippen molar-refractivity contribution < 1.29 is 5.11 Å². The van der Waals surface area contributed by atoms with Crippen LogP contribution in [0.1, 0.15) is 36.5 Å². The summed E-state index contributed by atoms with van der Waals surface area (Å²) < 4.78 is 0. The summed E-state index contributed by atoms with van der Waals surface area (Å²) >= 11 is 0. The molecule has 2 aliphatic rings. The molecule has 1 N–H and O–H groups in total. The number of allylic oxidation sites excluding steroid dienone is 4. The average molecular weight is 316 g/mol. The Hall–Kier alpha value is -2.12. The Morgan fingerprint density at radius 1 is 1.00 bits per heavy atom. The SMILES string of the molecule is CC(CCCO)(c1cccc2c1Cc1ccccc1-2)C1C=CC=C1. The second-order valence-corrected chi connectivity index (χ2v) is 7.21. The molecule has 0 radical (unpaired) electrons. The largest absolute Gasteiger partial charge is 0.396 e. The van der Waals surface area contributed by atoms with Crippen LogP contribution >= 0.6 is 0 Å². The van der Waals surface area contributed by atoms with E-state index in [1.807, 2.05) is 0 Å². The standard InChI is InChI=1S/C23H24O/c1-23(14-7-15-24,18-9-3-4-10-18)22-13-6-12-20-19-11-5-2-8-17(19)16-21(20)22/h2-6,8-13,18,24H,7,14-16H2,1H3. The summed E-state index contributed by atoms with van der Waals surface area (Å²) in [5.74, 6) is 0.402. The molecule has 4 rings (SSSR count). The van der Waals surface area contributed by atoms with Gasteiger partial charge in [0, 0.05) is 17.9 Å². The zero-order valence-electron chi connectivity index (χ0n) is 14.2. The molecule has 122 valence electrons. The van der Waals surface area contributed by atoms with Gasteiger partial charge >= 0.3 is 0 Å². The second kappa shape index (κ2) is 6.07. The molecule has 0 aliphatic heterocycles.